The molecule has 0 radical (unpaired) electrons. The van der Waals surface area contributed by atoms with E-state index in [1.165, 1.54) is 0 Å². The second-order valence-electron chi connectivity index (χ2n) is 3.70. The highest BCUT2D eigenvalue weighted by atomic mass is 28.2. The van der Waals surface area contributed by atoms with Crippen molar-refractivity contribution in [2.75, 3.05) is 13.2 Å². The maximum Gasteiger partial charge on any atom is 0.190 e. The van der Waals surface area contributed by atoms with Crippen LogP contribution in [0.1, 0.15) is 27.2 Å². The van der Waals surface area contributed by atoms with Crippen molar-refractivity contribution in [3.8, 4) is 0 Å². The third kappa shape index (κ3) is 5.41. The molecule has 1 aliphatic heterocycles. The topological polar surface area (TPSA) is 31.0 Å². The van der Waals surface area contributed by atoms with Gasteiger partial charge in [-0.05, 0) is 20.3 Å². The van der Waals surface area contributed by atoms with E-state index in [1.54, 1.807) is 0 Å². The van der Waals surface area contributed by atoms with Crippen molar-refractivity contribution < 1.29 is 13.9 Å². The van der Waals surface area contributed by atoms with Crippen molar-refractivity contribution in [3.05, 3.63) is 0 Å². The summed E-state index contributed by atoms with van der Waals surface area (Å²) in [5.41, 5.74) is 0.367. The van der Waals surface area contributed by atoms with Gasteiger partial charge >= 0.3 is 0 Å². The highest BCUT2D eigenvalue weighted by Crippen LogP contribution is 2.10. The van der Waals surface area contributed by atoms with Crippen LogP contribution in [0.4, 0.5) is 0 Å². The molecule has 0 aromatic heterocycles. The molecule has 1 heterocycles. The van der Waals surface area contributed by atoms with E-state index in [1.807, 2.05) is 0 Å². The standard InChI is InChI=1S/C9H20O3Si/c1-4-9(13-12-7(2)3)11-6-8-5-10-8/h7-9H,4-6,13H2,1-3H3. The van der Waals surface area contributed by atoms with Gasteiger partial charge in [0.1, 0.15) is 6.10 Å². The van der Waals surface area contributed by atoms with Crippen LogP contribution in [-0.2, 0) is 13.9 Å². The molecule has 0 aromatic rings. The Kier molecular flexibility index (Phi) is 4.94. The fraction of sp³-hybridized carbons (Fsp3) is 1.00. The normalized spacial score (nSPS) is 24.5. The molecule has 2 atom stereocenters. The molecule has 0 aromatic carbocycles. The minimum Gasteiger partial charge on any atom is -0.419 e. The molecule has 4 heteroatoms. The van der Waals surface area contributed by atoms with Gasteiger partial charge in [0.25, 0.3) is 0 Å². The highest BCUT2D eigenvalue weighted by Gasteiger charge is 2.24. The Hall–Kier alpha value is 0.0969. The molecule has 0 saturated carbocycles. The zero-order chi connectivity index (χ0) is 9.68. The number of ether oxygens (including phenoxy) is 2. The second-order valence-corrected chi connectivity index (χ2v) is 5.28. The Morgan fingerprint density at radius 2 is 2.23 bits per heavy atom. The lowest BCUT2D eigenvalue weighted by molar-refractivity contribution is 0.0735. The van der Waals surface area contributed by atoms with Gasteiger partial charge in [0.2, 0.25) is 0 Å². The maximum atomic E-state index is 5.68. The van der Waals surface area contributed by atoms with Crippen molar-refractivity contribution in [3.63, 3.8) is 0 Å². The first kappa shape index (κ1) is 11.2. The van der Waals surface area contributed by atoms with Crippen LogP contribution >= 0.6 is 0 Å². The lowest BCUT2D eigenvalue weighted by atomic mass is 10.5. The molecule has 78 valence electrons. The van der Waals surface area contributed by atoms with Crippen molar-refractivity contribution in [1.29, 1.82) is 0 Å². The van der Waals surface area contributed by atoms with Gasteiger partial charge < -0.3 is 13.9 Å². The first-order chi connectivity index (χ1) is 6.22. The Morgan fingerprint density at radius 3 is 2.69 bits per heavy atom. The molecular weight excluding hydrogens is 184 g/mol. The molecule has 1 aliphatic rings. The summed E-state index contributed by atoms with van der Waals surface area (Å²) in [7, 11) is -0.515. The van der Waals surface area contributed by atoms with Crippen LogP contribution in [0, 0.1) is 0 Å². The van der Waals surface area contributed by atoms with E-state index >= 15 is 0 Å². The molecule has 2 unspecified atom stereocenters. The minimum absolute atomic E-state index is 0.349. The Balaban J connectivity index is 2.02. The summed E-state index contributed by atoms with van der Waals surface area (Å²) in [5.74, 6) is 0. The summed E-state index contributed by atoms with van der Waals surface area (Å²) in [6.45, 7) is 7.93. The van der Waals surface area contributed by atoms with Crippen LogP contribution in [0.15, 0.2) is 0 Å². The number of hydrogen-bond acceptors (Lipinski definition) is 3. The lowest BCUT2D eigenvalue weighted by Gasteiger charge is -2.16. The third-order valence-corrected chi connectivity index (χ3v) is 4.03. The molecule has 1 fully saturated rings. The molecule has 0 N–H and O–H groups in total. The quantitative estimate of drug-likeness (QED) is 0.450. The van der Waals surface area contributed by atoms with Crippen LogP contribution in [0.2, 0.25) is 0 Å². The Labute approximate surface area is 82.7 Å². The predicted molar refractivity (Wildman–Crippen MR) is 54.5 cm³/mol. The largest absolute Gasteiger partial charge is 0.419 e. The van der Waals surface area contributed by atoms with E-state index in [2.05, 4.69) is 20.8 Å². The summed E-state index contributed by atoms with van der Waals surface area (Å²) in [6, 6.07) is 0. The first-order valence-corrected chi connectivity index (χ1v) is 6.46. The molecule has 1 rings (SSSR count). The van der Waals surface area contributed by atoms with Gasteiger partial charge in [-0.2, -0.15) is 0 Å². The summed E-state index contributed by atoms with van der Waals surface area (Å²) < 4.78 is 16.4. The molecule has 1 saturated heterocycles. The molecule has 13 heavy (non-hydrogen) atoms. The summed E-state index contributed by atoms with van der Waals surface area (Å²) >= 11 is 0. The summed E-state index contributed by atoms with van der Waals surface area (Å²) in [5, 5.41) is 0. The number of hydrogen-bond donors (Lipinski definition) is 0. The predicted octanol–water partition coefficient (Wildman–Crippen LogP) is 0.647. The van der Waals surface area contributed by atoms with Gasteiger partial charge in [0.15, 0.2) is 9.76 Å². The van der Waals surface area contributed by atoms with Gasteiger partial charge in [-0.3, -0.25) is 0 Å². The van der Waals surface area contributed by atoms with Gasteiger partial charge in [0, 0.05) is 6.10 Å². The van der Waals surface area contributed by atoms with E-state index in [4.69, 9.17) is 13.9 Å². The third-order valence-electron chi connectivity index (χ3n) is 1.99. The smallest absolute Gasteiger partial charge is 0.190 e. The van der Waals surface area contributed by atoms with Crippen LogP contribution in [-0.4, -0.2) is 40.9 Å². The van der Waals surface area contributed by atoms with Crippen molar-refractivity contribution in [2.24, 2.45) is 0 Å². The number of epoxide rings is 1. The van der Waals surface area contributed by atoms with Crippen LogP contribution in [0.25, 0.3) is 0 Å². The SMILES string of the molecule is CCC(OCC1CO1)[SiH2]OC(C)C. The molecule has 0 aliphatic carbocycles. The molecule has 0 amide bonds. The van der Waals surface area contributed by atoms with Crippen LogP contribution in [0.3, 0.4) is 0 Å². The van der Waals surface area contributed by atoms with Gasteiger partial charge in [-0.15, -0.1) is 0 Å². The van der Waals surface area contributed by atoms with E-state index in [0.717, 1.165) is 19.6 Å². The molecule has 3 nitrogen and oxygen atoms in total. The Morgan fingerprint density at radius 1 is 1.54 bits per heavy atom. The molecular formula is C9H20O3Si. The Bertz CT molecular complexity index is 131. The molecule has 0 bridgehead atoms. The van der Waals surface area contributed by atoms with Gasteiger partial charge in [0.05, 0.1) is 18.9 Å². The molecule has 0 spiro atoms. The van der Waals surface area contributed by atoms with E-state index in [0.29, 0.717) is 17.9 Å². The monoisotopic (exact) mass is 204 g/mol. The van der Waals surface area contributed by atoms with Crippen molar-refractivity contribution in [1.82, 2.24) is 0 Å². The van der Waals surface area contributed by atoms with Crippen molar-refractivity contribution in [2.45, 2.75) is 45.1 Å². The second kappa shape index (κ2) is 5.75. The lowest BCUT2D eigenvalue weighted by Crippen LogP contribution is -2.26. The fourth-order valence-electron chi connectivity index (χ4n) is 0.991. The van der Waals surface area contributed by atoms with E-state index < -0.39 is 9.76 Å². The number of rotatable bonds is 7. The highest BCUT2D eigenvalue weighted by molar-refractivity contribution is 6.29. The summed E-state index contributed by atoms with van der Waals surface area (Å²) in [4.78, 5) is 0. The average Bonchev–Trinajstić information content (AvgIpc) is 2.88. The van der Waals surface area contributed by atoms with E-state index in [9.17, 15) is 0 Å². The van der Waals surface area contributed by atoms with E-state index in [-0.39, 0.29) is 0 Å². The average molecular weight is 204 g/mol. The summed E-state index contributed by atoms with van der Waals surface area (Å²) in [6.07, 6.45) is 1.79. The minimum atomic E-state index is -0.515. The van der Waals surface area contributed by atoms with Crippen LogP contribution < -0.4 is 0 Å². The zero-order valence-corrected chi connectivity index (χ0v) is 10.2. The zero-order valence-electron chi connectivity index (χ0n) is 8.79. The fourth-order valence-corrected chi connectivity index (χ4v) is 2.06. The van der Waals surface area contributed by atoms with Gasteiger partial charge in [-0.1, -0.05) is 6.92 Å². The van der Waals surface area contributed by atoms with Crippen molar-refractivity contribution >= 4 is 9.76 Å². The van der Waals surface area contributed by atoms with Gasteiger partial charge in [-0.25, -0.2) is 0 Å². The first-order valence-electron chi connectivity index (χ1n) is 5.07. The van der Waals surface area contributed by atoms with Crippen LogP contribution in [0.5, 0.6) is 0 Å². The maximum absolute atomic E-state index is 5.68.